The Hall–Kier alpha value is -1.88. The second kappa shape index (κ2) is 8.00. The fourth-order valence-corrected chi connectivity index (χ4v) is 2.91. The summed E-state index contributed by atoms with van der Waals surface area (Å²) in [6.45, 7) is 2.03. The molecule has 0 aromatic carbocycles. The summed E-state index contributed by atoms with van der Waals surface area (Å²) in [6, 6.07) is 5.42. The molecule has 0 aliphatic heterocycles. The molecule has 0 bridgehead atoms. The van der Waals surface area contributed by atoms with E-state index in [1.807, 2.05) is 19.1 Å². The highest BCUT2D eigenvalue weighted by molar-refractivity contribution is 7.99. The quantitative estimate of drug-likeness (QED) is 0.293. The average Bonchev–Trinajstić information content (AvgIpc) is 2.91. The molecule has 0 spiro atoms. The van der Waals surface area contributed by atoms with Crippen molar-refractivity contribution in [2.75, 3.05) is 12.0 Å². The largest absolute Gasteiger partial charge is 0.463 e. The number of nitrogens with two attached hydrogens (primary N) is 1. The summed E-state index contributed by atoms with van der Waals surface area (Å²) in [5.41, 5.74) is 7.35. The second-order valence-electron chi connectivity index (χ2n) is 4.96. The Labute approximate surface area is 153 Å². The summed E-state index contributed by atoms with van der Waals surface area (Å²) >= 11 is 7.33. The van der Waals surface area contributed by atoms with Gasteiger partial charge in [-0.1, -0.05) is 23.4 Å². The molecule has 25 heavy (non-hydrogen) atoms. The topological polar surface area (TPSA) is 132 Å². The molecule has 0 aliphatic carbocycles. The molecule has 1 atom stereocenters. The zero-order chi connectivity index (χ0) is 18.6. The third kappa shape index (κ3) is 6.50. The number of aromatic nitrogens is 3. The van der Waals surface area contributed by atoms with E-state index in [0.29, 0.717) is 22.4 Å². The van der Waals surface area contributed by atoms with Crippen LogP contribution in [-0.4, -0.2) is 34.2 Å². The van der Waals surface area contributed by atoms with Crippen LogP contribution in [0.1, 0.15) is 17.9 Å². The van der Waals surface area contributed by atoms with Gasteiger partial charge in [0.1, 0.15) is 11.0 Å². The van der Waals surface area contributed by atoms with Crippen molar-refractivity contribution in [1.82, 2.24) is 15.0 Å². The molecule has 3 aromatic heterocycles. The van der Waals surface area contributed by atoms with E-state index in [2.05, 4.69) is 15.0 Å². The lowest BCUT2D eigenvalue weighted by atomic mass is 10.2. The summed E-state index contributed by atoms with van der Waals surface area (Å²) in [4.78, 5) is 12.7. The van der Waals surface area contributed by atoms with E-state index < -0.39 is 10.1 Å². The SMILES string of the molecule is CS(=O)(=O)O.C[C@H](Sc1nc(N)cc(Cl)n1)c1cc2ccoc2cn1. The Morgan fingerprint density at radius 2 is 2.04 bits per heavy atom. The molecule has 8 nitrogen and oxygen atoms in total. The standard InChI is InChI=1S/C13H11ClN4OS.CH4O3S/c1-7(20-13-17-11(14)5-12(15)18-13)9-4-8-2-3-19-10(8)6-16-9;1-5(2,3)4/h2-7H,1H3,(H2,15,17,18);1H3,(H,2,3,4)/t7-;/m0./s1. The van der Waals surface area contributed by atoms with Crippen molar-refractivity contribution in [2.45, 2.75) is 17.3 Å². The van der Waals surface area contributed by atoms with E-state index in [9.17, 15) is 8.42 Å². The Kier molecular flexibility index (Phi) is 6.22. The Morgan fingerprint density at radius 1 is 1.36 bits per heavy atom. The van der Waals surface area contributed by atoms with Gasteiger partial charge in [-0.3, -0.25) is 9.54 Å². The zero-order valence-corrected chi connectivity index (χ0v) is 15.6. The normalized spacial score (nSPS) is 12.5. The highest BCUT2D eigenvalue weighted by Gasteiger charge is 2.13. The molecule has 0 unspecified atom stereocenters. The van der Waals surface area contributed by atoms with E-state index in [0.717, 1.165) is 16.7 Å². The number of hydrogen-bond acceptors (Lipinski definition) is 8. The molecule has 3 heterocycles. The first-order valence-corrected chi connectivity index (χ1v) is 9.95. The van der Waals surface area contributed by atoms with E-state index in [1.54, 1.807) is 12.5 Å². The number of thioether (sulfide) groups is 1. The smallest absolute Gasteiger partial charge is 0.261 e. The first-order valence-electron chi connectivity index (χ1n) is 6.84. The predicted octanol–water partition coefficient (Wildman–Crippen LogP) is 3.21. The highest BCUT2D eigenvalue weighted by Crippen LogP contribution is 2.33. The van der Waals surface area contributed by atoms with Crippen LogP contribution >= 0.6 is 23.4 Å². The van der Waals surface area contributed by atoms with Crippen molar-refractivity contribution >= 4 is 50.3 Å². The van der Waals surface area contributed by atoms with Gasteiger partial charge in [0.05, 0.1) is 29.7 Å². The van der Waals surface area contributed by atoms with Crippen LogP contribution in [0.4, 0.5) is 5.82 Å². The number of nitrogen functional groups attached to an aromatic ring is 1. The molecule has 11 heteroatoms. The van der Waals surface area contributed by atoms with Crippen molar-refractivity contribution in [2.24, 2.45) is 0 Å². The summed E-state index contributed by atoms with van der Waals surface area (Å²) < 4.78 is 31.1. The number of nitrogens with zero attached hydrogens (tertiary/aromatic N) is 3. The van der Waals surface area contributed by atoms with Crippen LogP contribution in [-0.2, 0) is 10.1 Å². The van der Waals surface area contributed by atoms with E-state index >= 15 is 0 Å². The minimum atomic E-state index is -3.67. The lowest BCUT2D eigenvalue weighted by Crippen LogP contribution is -1.98. The van der Waals surface area contributed by atoms with Gasteiger partial charge in [0.15, 0.2) is 10.7 Å². The number of hydrogen-bond donors (Lipinski definition) is 2. The molecule has 3 N–H and O–H groups in total. The number of furan rings is 1. The van der Waals surface area contributed by atoms with Crippen LogP contribution in [0.5, 0.6) is 0 Å². The molecule has 0 fully saturated rings. The van der Waals surface area contributed by atoms with E-state index in [4.69, 9.17) is 26.3 Å². The van der Waals surface area contributed by atoms with Gasteiger partial charge < -0.3 is 10.2 Å². The van der Waals surface area contributed by atoms with Gasteiger partial charge in [-0.05, 0) is 19.1 Å². The monoisotopic (exact) mass is 402 g/mol. The van der Waals surface area contributed by atoms with Crippen molar-refractivity contribution in [3.05, 3.63) is 41.5 Å². The first-order chi connectivity index (χ1) is 11.6. The Bertz CT molecular complexity index is 950. The highest BCUT2D eigenvalue weighted by atomic mass is 35.5. The molecule has 0 amide bonds. The molecule has 134 valence electrons. The maximum atomic E-state index is 9.19. The van der Waals surface area contributed by atoms with Crippen LogP contribution in [0.15, 0.2) is 40.2 Å². The number of fused-ring (bicyclic) bond motifs is 1. The van der Waals surface area contributed by atoms with Crippen LogP contribution in [0.2, 0.25) is 5.15 Å². The minimum Gasteiger partial charge on any atom is -0.463 e. The molecule has 0 saturated heterocycles. The molecular weight excluding hydrogens is 388 g/mol. The predicted molar refractivity (Wildman–Crippen MR) is 97.2 cm³/mol. The molecule has 0 radical (unpaired) electrons. The van der Waals surface area contributed by atoms with Gasteiger partial charge >= 0.3 is 0 Å². The fraction of sp³-hybridized carbons (Fsp3) is 0.214. The summed E-state index contributed by atoms with van der Waals surface area (Å²) in [5, 5.41) is 1.98. The Balaban J connectivity index is 0.000000399. The molecule has 3 rings (SSSR count). The van der Waals surface area contributed by atoms with Gasteiger partial charge in [0.2, 0.25) is 0 Å². The van der Waals surface area contributed by atoms with Crippen molar-refractivity contribution in [3.63, 3.8) is 0 Å². The number of pyridine rings is 1. The summed E-state index contributed by atoms with van der Waals surface area (Å²) in [5.74, 6) is 0.359. The lowest BCUT2D eigenvalue weighted by molar-refractivity contribution is 0.490. The summed E-state index contributed by atoms with van der Waals surface area (Å²) in [7, 11) is -3.67. The minimum absolute atomic E-state index is 0.0761. The van der Waals surface area contributed by atoms with Crippen molar-refractivity contribution in [3.8, 4) is 0 Å². The number of anilines is 1. The van der Waals surface area contributed by atoms with E-state index in [-0.39, 0.29) is 5.25 Å². The average molecular weight is 403 g/mol. The van der Waals surface area contributed by atoms with E-state index in [1.165, 1.54) is 17.8 Å². The van der Waals surface area contributed by atoms with Gasteiger partial charge in [-0.2, -0.15) is 8.42 Å². The zero-order valence-electron chi connectivity index (χ0n) is 13.2. The number of halogens is 1. The van der Waals surface area contributed by atoms with Crippen LogP contribution in [0, 0.1) is 0 Å². The third-order valence-electron chi connectivity index (χ3n) is 2.75. The third-order valence-corrected chi connectivity index (χ3v) is 3.94. The van der Waals surface area contributed by atoms with Gasteiger partial charge in [-0.15, -0.1) is 0 Å². The Morgan fingerprint density at radius 3 is 2.68 bits per heavy atom. The number of rotatable bonds is 3. The lowest BCUT2D eigenvalue weighted by Gasteiger charge is -2.09. The van der Waals surface area contributed by atoms with Gasteiger partial charge in [0, 0.05) is 11.5 Å². The van der Waals surface area contributed by atoms with Crippen LogP contribution in [0.25, 0.3) is 11.0 Å². The molecule has 0 saturated carbocycles. The van der Waals surface area contributed by atoms with Gasteiger partial charge in [0.25, 0.3) is 10.1 Å². The molecular formula is C14H15ClN4O4S2. The molecule has 3 aromatic rings. The maximum absolute atomic E-state index is 9.19. The fourth-order valence-electron chi connectivity index (χ4n) is 1.79. The van der Waals surface area contributed by atoms with Gasteiger partial charge in [-0.25, -0.2) is 9.97 Å². The first kappa shape index (κ1) is 19.4. The van der Waals surface area contributed by atoms with Crippen LogP contribution in [0.3, 0.4) is 0 Å². The van der Waals surface area contributed by atoms with Crippen molar-refractivity contribution in [1.29, 1.82) is 0 Å². The second-order valence-corrected chi connectivity index (χ2v) is 8.12. The maximum Gasteiger partial charge on any atom is 0.261 e. The van der Waals surface area contributed by atoms with Crippen molar-refractivity contribution < 1.29 is 17.4 Å². The summed E-state index contributed by atoms with van der Waals surface area (Å²) in [6.07, 6.45) is 4.08. The van der Waals surface area contributed by atoms with Crippen LogP contribution < -0.4 is 5.73 Å². The molecule has 0 aliphatic rings.